The summed E-state index contributed by atoms with van der Waals surface area (Å²) in [4.78, 5) is 26.5. The first-order chi connectivity index (χ1) is 17.8. The molecule has 4 heterocycles. The Morgan fingerprint density at radius 3 is 2.65 bits per heavy atom. The van der Waals surface area contributed by atoms with E-state index in [0.29, 0.717) is 24.1 Å². The quantitative estimate of drug-likeness (QED) is 0.531. The number of benzene rings is 1. The number of hydrogen-bond donors (Lipinski definition) is 2. The highest BCUT2D eigenvalue weighted by atomic mass is 35.5. The first-order valence-electron chi connectivity index (χ1n) is 12.9. The number of fused-ring (bicyclic) bond motifs is 1. The highest BCUT2D eigenvalue weighted by Gasteiger charge is 2.56. The number of rotatable bonds is 5. The molecule has 3 aliphatic rings. The summed E-state index contributed by atoms with van der Waals surface area (Å²) in [6.07, 6.45) is 3.83. The molecule has 1 aliphatic carbocycles. The van der Waals surface area contributed by atoms with Gasteiger partial charge in [-0.15, -0.1) is 0 Å². The van der Waals surface area contributed by atoms with Crippen molar-refractivity contribution in [2.24, 2.45) is 5.92 Å². The molecular weight excluding hydrogens is 490 g/mol. The minimum Gasteiger partial charge on any atom is -0.389 e. The third-order valence-corrected chi connectivity index (χ3v) is 8.88. The van der Waals surface area contributed by atoms with Gasteiger partial charge in [0.15, 0.2) is 0 Å². The summed E-state index contributed by atoms with van der Waals surface area (Å²) in [5.41, 5.74) is 1.34. The Morgan fingerprint density at radius 1 is 1.14 bits per heavy atom. The van der Waals surface area contributed by atoms with E-state index < -0.39 is 6.10 Å². The molecule has 8 nitrogen and oxygen atoms in total. The molecule has 2 aromatic heterocycles. The molecule has 37 heavy (non-hydrogen) atoms. The highest BCUT2D eigenvalue weighted by molar-refractivity contribution is 6.34. The van der Waals surface area contributed by atoms with Crippen LogP contribution in [0, 0.1) is 5.92 Å². The number of carbonyl (C=O) groups excluding carboxylic acids is 1. The molecular formula is C28H32ClN5O3. The number of piperazine rings is 1. The van der Waals surface area contributed by atoms with Crippen LogP contribution in [0.5, 0.6) is 0 Å². The van der Waals surface area contributed by atoms with Gasteiger partial charge >= 0.3 is 0 Å². The smallest absolute Gasteiger partial charge is 0.229 e. The summed E-state index contributed by atoms with van der Waals surface area (Å²) >= 11 is 6.70. The molecule has 4 atom stereocenters. The Bertz CT molecular complexity index is 1330. The van der Waals surface area contributed by atoms with E-state index >= 15 is 0 Å². The van der Waals surface area contributed by atoms with Crippen LogP contribution < -0.4 is 10.2 Å². The molecule has 2 aliphatic heterocycles. The van der Waals surface area contributed by atoms with Crippen molar-refractivity contribution < 1.29 is 14.6 Å². The molecule has 2 N–H and O–H groups in total. The van der Waals surface area contributed by atoms with Crippen LogP contribution in [-0.2, 0) is 14.9 Å². The van der Waals surface area contributed by atoms with Crippen molar-refractivity contribution in [2.45, 2.75) is 37.3 Å². The zero-order valence-corrected chi connectivity index (χ0v) is 21.9. The van der Waals surface area contributed by atoms with Crippen LogP contribution in [0.2, 0.25) is 5.02 Å². The van der Waals surface area contributed by atoms with Crippen molar-refractivity contribution in [3.63, 3.8) is 0 Å². The Morgan fingerprint density at radius 2 is 1.95 bits per heavy atom. The number of aliphatic hydroxyl groups is 1. The number of hydrogen-bond acceptors (Lipinski definition) is 7. The lowest BCUT2D eigenvalue weighted by molar-refractivity contribution is -0.117. The van der Waals surface area contributed by atoms with Gasteiger partial charge < -0.3 is 20.1 Å². The Hall–Kier alpha value is -2.78. The highest BCUT2D eigenvalue weighted by Crippen LogP contribution is 2.53. The van der Waals surface area contributed by atoms with Gasteiger partial charge in [-0.2, -0.15) is 0 Å². The second-order valence-corrected chi connectivity index (χ2v) is 11.4. The molecule has 9 heteroatoms. The maximum atomic E-state index is 13.0. The van der Waals surface area contributed by atoms with Crippen molar-refractivity contribution in [1.82, 2.24) is 14.9 Å². The number of nitrogens with zero attached hydrogens (tertiary/aromatic N) is 4. The fourth-order valence-electron chi connectivity index (χ4n) is 5.82. The summed E-state index contributed by atoms with van der Waals surface area (Å²) < 4.78 is 5.53. The third kappa shape index (κ3) is 4.36. The molecule has 3 aromatic rings. The van der Waals surface area contributed by atoms with E-state index in [1.54, 1.807) is 12.4 Å². The van der Waals surface area contributed by atoms with Gasteiger partial charge in [-0.25, -0.2) is 4.98 Å². The van der Waals surface area contributed by atoms with Crippen LogP contribution in [0.15, 0.2) is 48.8 Å². The Kier molecular flexibility index (Phi) is 6.11. The molecule has 1 aromatic carbocycles. The van der Waals surface area contributed by atoms with E-state index in [1.807, 2.05) is 30.3 Å². The first-order valence-corrected chi connectivity index (χ1v) is 13.2. The zero-order valence-electron chi connectivity index (χ0n) is 21.2. The summed E-state index contributed by atoms with van der Waals surface area (Å²) in [5.74, 6) is 0.383. The number of carbonyl (C=O) groups is 1. The van der Waals surface area contributed by atoms with Crippen molar-refractivity contribution in [3.05, 3.63) is 59.5 Å². The second kappa shape index (κ2) is 9.20. The fourth-order valence-corrected chi connectivity index (χ4v) is 6.11. The van der Waals surface area contributed by atoms with Gasteiger partial charge in [0.05, 0.1) is 41.5 Å². The summed E-state index contributed by atoms with van der Waals surface area (Å²) in [6.45, 7) is 8.34. The number of halogens is 1. The number of aromatic nitrogens is 2. The predicted molar refractivity (Wildman–Crippen MR) is 144 cm³/mol. The van der Waals surface area contributed by atoms with E-state index in [1.165, 1.54) is 0 Å². The van der Waals surface area contributed by atoms with Crippen LogP contribution in [0.4, 0.5) is 11.5 Å². The largest absolute Gasteiger partial charge is 0.389 e. The Balaban J connectivity index is 1.16. The van der Waals surface area contributed by atoms with Gasteiger partial charge in [0.2, 0.25) is 5.91 Å². The van der Waals surface area contributed by atoms with E-state index in [-0.39, 0.29) is 22.8 Å². The maximum Gasteiger partial charge on any atom is 0.229 e. The van der Waals surface area contributed by atoms with Crippen LogP contribution in [-0.4, -0.2) is 76.9 Å². The summed E-state index contributed by atoms with van der Waals surface area (Å²) in [5, 5.41) is 16.0. The van der Waals surface area contributed by atoms with E-state index in [4.69, 9.17) is 16.3 Å². The lowest BCUT2D eigenvalue weighted by atomic mass is 9.95. The predicted octanol–water partition coefficient (Wildman–Crippen LogP) is 3.47. The minimum atomic E-state index is -0.470. The lowest BCUT2D eigenvalue weighted by Crippen LogP contribution is -2.60. The molecule has 6 rings (SSSR count). The number of anilines is 2. The van der Waals surface area contributed by atoms with Gasteiger partial charge in [0, 0.05) is 55.1 Å². The van der Waals surface area contributed by atoms with Gasteiger partial charge in [-0.1, -0.05) is 24.6 Å². The van der Waals surface area contributed by atoms with Crippen molar-refractivity contribution >= 4 is 39.8 Å². The molecule has 0 radical (unpaired) electrons. The van der Waals surface area contributed by atoms with Crippen molar-refractivity contribution in [3.8, 4) is 0 Å². The van der Waals surface area contributed by atoms with Crippen molar-refractivity contribution in [2.75, 3.05) is 49.6 Å². The number of pyridine rings is 2. The molecule has 1 saturated carbocycles. The lowest BCUT2D eigenvalue weighted by Gasteiger charge is -2.45. The number of ether oxygens (including phenoxy) is 1. The SMILES string of the molecule is C[C@]1(N2CCN(c3cc4cc(NC(=O)[C@H]5C[C@]5(C)c5ccccn5)ncc4cc3Cl)CC2)COC[C@H]1O. The van der Waals surface area contributed by atoms with Crippen LogP contribution >= 0.6 is 11.6 Å². The number of aliphatic hydroxyl groups excluding tert-OH is 1. The van der Waals surface area contributed by atoms with Gasteiger partial charge in [0.1, 0.15) is 5.82 Å². The van der Waals surface area contributed by atoms with E-state index in [0.717, 1.165) is 54.8 Å². The normalized spacial score (nSPS) is 30.0. The van der Waals surface area contributed by atoms with Gasteiger partial charge in [-0.05, 0) is 49.1 Å². The molecule has 3 fully saturated rings. The van der Waals surface area contributed by atoms with Crippen LogP contribution in [0.1, 0.15) is 26.0 Å². The zero-order chi connectivity index (χ0) is 25.8. The van der Waals surface area contributed by atoms with Crippen LogP contribution in [0.3, 0.4) is 0 Å². The number of nitrogens with one attached hydrogen (secondary N) is 1. The first kappa shape index (κ1) is 24.6. The molecule has 194 valence electrons. The standard InChI is InChI=1S/C28H32ClN5O3/c1-27(23-5-3-4-6-30-23)14-20(27)26(36)32-25-13-18-12-22(21(29)11-19(18)15-31-25)33-7-9-34(10-8-33)28(2)17-37-16-24(28)35/h3-6,11-13,15,20,24,35H,7-10,14,16-17H2,1-2H3,(H,31,32,36)/t20-,24-,27+,28+/m1/s1. The minimum absolute atomic E-state index is 0.0307. The van der Waals surface area contributed by atoms with Gasteiger partial charge in [0.25, 0.3) is 0 Å². The molecule has 2 saturated heterocycles. The molecule has 1 amide bonds. The number of amides is 1. The summed E-state index contributed by atoms with van der Waals surface area (Å²) in [7, 11) is 0. The average Bonchev–Trinajstić information content (AvgIpc) is 3.50. The van der Waals surface area contributed by atoms with Crippen molar-refractivity contribution in [1.29, 1.82) is 0 Å². The maximum absolute atomic E-state index is 13.0. The van der Waals surface area contributed by atoms with E-state index in [2.05, 4.69) is 45.0 Å². The van der Waals surface area contributed by atoms with E-state index in [9.17, 15) is 9.90 Å². The fraction of sp³-hybridized carbons (Fsp3) is 0.464. The third-order valence-electron chi connectivity index (χ3n) is 8.57. The monoisotopic (exact) mass is 521 g/mol. The van der Waals surface area contributed by atoms with Crippen LogP contribution in [0.25, 0.3) is 10.8 Å². The summed E-state index contributed by atoms with van der Waals surface area (Å²) in [6, 6.07) is 11.8. The molecule has 0 unspecified atom stereocenters. The molecule has 0 bridgehead atoms. The van der Waals surface area contributed by atoms with Gasteiger partial charge in [-0.3, -0.25) is 14.7 Å². The second-order valence-electron chi connectivity index (χ2n) is 11.0. The molecule has 0 spiro atoms. The Labute approximate surface area is 221 Å². The topological polar surface area (TPSA) is 90.8 Å². The average molecular weight is 522 g/mol.